The Bertz CT molecular complexity index is 346. The third kappa shape index (κ3) is 4.56. The quantitative estimate of drug-likeness (QED) is 0.683. The average molecular weight is 261 g/mol. The first-order chi connectivity index (χ1) is 8.54. The number of benzene rings is 1. The van der Waals surface area contributed by atoms with Crippen LogP contribution >= 0.6 is 0 Å². The van der Waals surface area contributed by atoms with Crippen LogP contribution in [0.25, 0.3) is 0 Å². The zero-order chi connectivity index (χ0) is 13.5. The maximum Gasteiger partial charge on any atom is 0.265 e. The molecule has 6 heteroatoms. The van der Waals surface area contributed by atoms with Crippen LogP contribution < -0.4 is 10.1 Å². The molecule has 0 saturated carbocycles. The fraction of sp³-hybridized carbons (Fsp3) is 0.500. The summed E-state index contributed by atoms with van der Waals surface area (Å²) in [7, 11) is 1.54. The predicted molar refractivity (Wildman–Crippen MR) is 62.8 cm³/mol. The number of aliphatic hydroxyl groups is 2. The zero-order valence-corrected chi connectivity index (χ0v) is 10.0. The Hall–Kier alpha value is -1.24. The van der Waals surface area contributed by atoms with Crippen molar-refractivity contribution in [1.82, 2.24) is 5.32 Å². The molecule has 0 aliphatic heterocycles. The Labute approximate surface area is 104 Å². The summed E-state index contributed by atoms with van der Waals surface area (Å²) in [6.07, 6.45) is -5.32. The monoisotopic (exact) mass is 261 g/mol. The van der Waals surface area contributed by atoms with E-state index in [2.05, 4.69) is 5.32 Å². The van der Waals surface area contributed by atoms with Gasteiger partial charge in [-0.1, -0.05) is 12.1 Å². The van der Waals surface area contributed by atoms with E-state index in [0.29, 0.717) is 11.3 Å². The molecule has 0 fully saturated rings. The standard InChI is InChI=1S/C12H17F2NO3/c1-18-9-4-2-8(3-5-9)10(16)6-15-7-11(17)12(13)14/h2-5,10-12,15-17H,6-7H2,1H3. The first kappa shape index (κ1) is 14.8. The van der Waals surface area contributed by atoms with E-state index in [1.54, 1.807) is 31.4 Å². The molecule has 3 N–H and O–H groups in total. The lowest BCUT2D eigenvalue weighted by atomic mass is 10.1. The van der Waals surface area contributed by atoms with Gasteiger partial charge in [-0.15, -0.1) is 0 Å². The second-order valence-electron chi connectivity index (χ2n) is 3.85. The minimum Gasteiger partial charge on any atom is -0.497 e. The molecular weight excluding hydrogens is 244 g/mol. The van der Waals surface area contributed by atoms with Crippen LogP contribution in [-0.2, 0) is 0 Å². The predicted octanol–water partition coefficient (Wildman–Crippen LogP) is 0.944. The van der Waals surface area contributed by atoms with Crippen molar-refractivity contribution in [1.29, 1.82) is 0 Å². The van der Waals surface area contributed by atoms with Gasteiger partial charge in [0.15, 0.2) is 0 Å². The van der Waals surface area contributed by atoms with Gasteiger partial charge in [0.05, 0.1) is 13.2 Å². The van der Waals surface area contributed by atoms with Gasteiger partial charge >= 0.3 is 0 Å². The molecular formula is C12H17F2NO3. The molecule has 102 valence electrons. The Kier molecular flexibility index (Phi) is 5.97. The average Bonchev–Trinajstić information content (AvgIpc) is 2.38. The molecule has 1 rings (SSSR count). The van der Waals surface area contributed by atoms with Crippen molar-refractivity contribution in [2.45, 2.75) is 18.6 Å². The highest BCUT2D eigenvalue weighted by molar-refractivity contribution is 5.28. The molecule has 2 unspecified atom stereocenters. The summed E-state index contributed by atoms with van der Waals surface area (Å²) >= 11 is 0. The summed E-state index contributed by atoms with van der Waals surface area (Å²) in [5.41, 5.74) is 0.648. The van der Waals surface area contributed by atoms with E-state index in [-0.39, 0.29) is 13.1 Å². The molecule has 0 aromatic heterocycles. The molecule has 18 heavy (non-hydrogen) atoms. The SMILES string of the molecule is COc1ccc(C(O)CNCC(O)C(F)F)cc1. The van der Waals surface area contributed by atoms with Crippen molar-refractivity contribution < 1.29 is 23.7 Å². The van der Waals surface area contributed by atoms with Gasteiger partial charge < -0.3 is 20.3 Å². The van der Waals surface area contributed by atoms with E-state index in [0.717, 1.165) is 0 Å². The summed E-state index contributed by atoms with van der Waals surface area (Å²) in [5.74, 6) is 0.673. The minimum atomic E-state index is -2.78. The number of ether oxygens (including phenoxy) is 1. The molecule has 0 heterocycles. The second kappa shape index (κ2) is 7.25. The number of methoxy groups -OCH3 is 1. The first-order valence-electron chi connectivity index (χ1n) is 5.53. The lowest BCUT2D eigenvalue weighted by Gasteiger charge is -2.15. The summed E-state index contributed by atoms with van der Waals surface area (Å²) in [5, 5.41) is 21.2. The third-order valence-electron chi connectivity index (χ3n) is 2.48. The van der Waals surface area contributed by atoms with E-state index in [9.17, 15) is 13.9 Å². The number of halogens is 2. The van der Waals surface area contributed by atoms with Gasteiger partial charge in [0.25, 0.3) is 6.43 Å². The lowest BCUT2D eigenvalue weighted by molar-refractivity contribution is -0.00462. The molecule has 0 amide bonds. The van der Waals surface area contributed by atoms with E-state index < -0.39 is 18.6 Å². The molecule has 0 aliphatic rings. The van der Waals surface area contributed by atoms with Crippen molar-refractivity contribution in [2.24, 2.45) is 0 Å². The molecule has 0 saturated heterocycles. The number of alkyl halides is 2. The van der Waals surface area contributed by atoms with E-state index >= 15 is 0 Å². The topological polar surface area (TPSA) is 61.7 Å². The number of hydrogen-bond donors (Lipinski definition) is 3. The van der Waals surface area contributed by atoms with Crippen molar-refractivity contribution >= 4 is 0 Å². The summed E-state index contributed by atoms with van der Waals surface area (Å²) in [6.45, 7) is -0.166. The zero-order valence-electron chi connectivity index (χ0n) is 10.0. The Morgan fingerprint density at radius 2 is 1.78 bits per heavy atom. The first-order valence-corrected chi connectivity index (χ1v) is 5.53. The fourth-order valence-electron chi connectivity index (χ4n) is 1.40. The highest BCUT2D eigenvalue weighted by Gasteiger charge is 2.16. The normalized spacial score (nSPS) is 14.6. The smallest absolute Gasteiger partial charge is 0.265 e. The van der Waals surface area contributed by atoms with Gasteiger partial charge in [-0.3, -0.25) is 0 Å². The molecule has 0 bridgehead atoms. The number of hydrogen-bond acceptors (Lipinski definition) is 4. The molecule has 0 spiro atoms. The van der Waals surface area contributed by atoms with Crippen LogP contribution in [-0.4, -0.2) is 42.9 Å². The van der Waals surface area contributed by atoms with Crippen molar-refractivity contribution in [3.63, 3.8) is 0 Å². The maximum atomic E-state index is 12.0. The number of aliphatic hydroxyl groups excluding tert-OH is 2. The summed E-state index contributed by atoms with van der Waals surface area (Å²) in [6, 6.07) is 6.78. The van der Waals surface area contributed by atoms with Gasteiger partial charge in [0.2, 0.25) is 0 Å². The molecule has 0 aliphatic carbocycles. The molecule has 2 atom stereocenters. The summed E-state index contributed by atoms with van der Waals surface area (Å²) in [4.78, 5) is 0. The van der Waals surface area contributed by atoms with E-state index in [4.69, 9.17) is 9.84 Å². The fourth-order valence-corrected chi connectivity index (χ4v) is 1.40. The van der Waals surface area contributed by atoms with Crippen molar-refractivity contribution in [3.8, 4) is 5.75 Å². The van der Waals surface area contributed by atoms with Crippen LogP contribution in [0.5, 0.6) is 5.75 Å². The lowest BCUT2D eigenvalue weighted by Crippen LogP contribution is -2.34. The Balaban J connectivity index is 2.37. The van der Waals surface area contributed by atoms with Gasteiger partial charge in [-0.25, -0.2) is 8.78 Å². The van der Waals surface area contributed by atoms with Crippen molar-refractivity contribution in [2.75, 3.05) is 20.2 Å². The van der Waals surface area contributed by atoms with Gasteiger partial charge in [0.1, 0.15) is 11.9 Å². The van der Waals surface area contributed by atoms with Gasteiger partial charge in [-0.2, -0.15) is 0 Å². The highest BCUT2D eigenvalue weighted by atomic mass is 19.3. The largest absolute Gasteiger partial charge is 0.497 e. The van der Waals surface area contributed by atoms with Crippen LogP contribution in [0.1, 0.15) is 11.7 Å². The second-order valence-corrected chi connectivity index (χ2v) is 3.85. The number of nitrogens with one attached hydrogen (secondary N) is 1. The molecule has 4 nitrogen and oxygen atoms in total. The van der Waals surface area contributed by atoms with E-state index in [1.807, 2.05) is 0 Å². The van der Waals surface area contributed by atoms with Gasteiger partial charge in [-0.05, 0) is 17.7 Å². The van der Waals surface area contributed by atoms with Crippen LogP contribution in [0.15, 0.2) is 24.3 Å². The molecule has 1 aromatic carbocycles. The highest BCUT2D eigenvalue weighted by Crippen LogP contribution is 2.16. The third-order valence-corrected chi connectivity index (χ3v) is 2.48. The van der Waals surface area contributed by atoms with Crippen LogP contribution in [0.4, 0.5) is 8.78 Å². The van der Waals surface area contributed by atoms with E-state index in [1.165, 1.54) is 0 Å². The van der Waals surface area contributed by atoms with Crippen LogP contribution in [0.3, 0.4) is 0 Å². The Morgan fingerprint density at radius 1 is 1.17 bits per heavy atom. The van der Waals surface area contributed by atoms with Crippen LogP contribution in [0, 0.1) is 0 Å². The van der Waals surface area contributed by atoms with Crippen molar-refractivity contribution in [3.05, 3.63) is 29.8 Å². The number of rotatable bonds is 7. The molecule has 0 radical (unpaired) electrons. The molecule has 1 aromatic rings. The summed E-state index contributed by atoms with van der Waals surface area (Å²) < 4.78 is 29.0. The van der Waals surface area contributed by atoms with Gasteiger partial charge in [0, 0.05) is 13.1 Å². The van der Waals surface area contributed by atoms with Crippen LogP contribution in [0.2, 0.25) is 0 Å². The maximum absolute atomic E-state index is 12.0. The Morgan fingerprint density at radius 3 is 2.28 bits per heavy atom. The minimum absolute atomic E-state index is 0.0934.